The Kier molecular flexibility index (Phi) is 8.56. The number of nitrogens with two attached hydrogens (primary N) is 1. The zero-order valence-corrected chi connectivity index (χ0v) is 27.5. The normalized spacial score (nSPS) is 18.5. The topological polar surface area (TPSA) is 129 Å². The van der Waals surface area contributed by atoms with E-state index in [1.54, 1.807) is 18.2 Å². The van der Waals surface area contributed by atoms with Crippen molar-refractivity contribution in [2.45, 2.75) is 69.1 Å². The summed E-state index contributed by atoms with van der Waals surface area (Å²) in [6.45, 7) is 4.57. The number of aromatic amines is 1. The van der Waals surface area contributed by atoms with Crippen molar-refractivity contribution < 1.29 is 18.0 Å². The highest BCUT2D eigenvalue weighted by Crippen LogP contribution is 2.53. The predicted octanol–water partition coefficient (Wildman–Crippen LogP) is 4.40. The number of rotatable bonds is 9. The SMILES string of the molecule is CC(C)(N)C(=O)NC(Cc1c[nH]c2ccccc12)C(=O)N1CCC2(CC1)C[C@@H](N(Cc1ccccc1)S(C)(=O)=O)c1ccccc12. The van der Waals surface area contributed by atoms with E-state index in [2.05, 4.69) is 22.4 Å². The van der Waals surface area contributed by atoms with Gasteiger partial charge < -0.3 is 20.9 Å². The Morgan fingerprint density at radius 1 is 1.02 bits per heavy atom. The van der Waals surface area contributed by atoms with Gasteiger partial charge in [0.05, 0.1) is 17.8 Å². The number of amides is 2. The molecule has 2 heterocycles. The highest BCUT2D eigenvalue weighted by atomic mass is 32.2. The minimum atomic E-state index is -3.53. The molecule has 1 saturated heterocycles. The Morgan fingerprint density at radius 2 is 1.67 bits per heavy atom. The Bertz CT molecular complexity index is 1840. The van der Waals surface area contributed by atoms with Crippen molar-refractivity contribution in [3.63, 3.8) is 0 Å². The maximum atomic E-state index is 14.2. The van der Waals surface area contributed by atoms with Crippen LogP contribution in [0.25, 0.3) is 10.9 Å². The van der Waals surface area contributed by atoms with Gasteiger partial charge in [-0.1, -0.05) is 72.8 Å². The van der Waals surface area contributed by atoms with Gasteiger partial charge in [-0.3, -0.25) is 9.59 Å². The summed E-state index contributed by atoms with van der Waals surface area (Å²) >= 11 is 0. The fourth-order valence-corrected chi connectivity index (χ4v) is 8.29. The quantitative estimate of drug-likeness (QED) is 0.250. The summed E-state index contributed by atoms with van der Waals surface area (Å²) in [5.41, 5.74) is 9.79. The second-order valence-corrected chi connectivity index (χ2v) is 15.5. The van der Waals surface area contributed by atoms with Gasteiger partial charge in [-0.05, 0) is 61.4 Å². The third-order valence-electron chi connectivity index (χ3n) is 9.75. The van der Waals surface area contributed by atoms with Crippen LogP contribution in [0.2, 0.25) is 0 Å². The van der Waals surface area contributed by atoms with E-state index in [-0.39, 0.29) is 23.3 Å². The maximum absolute atomic E-state index is 14.2. The molecule has 0 radical (unpaired) electrons. The molecule has 46 heavy (non-hydrogen) atoms. The summed E-state index contributed by atoms with van der Waals surface area (Å²) in [6, 6.07) is 24.7. The summed E-state index contributed by atoms with van der Waals surface area (Å²) in [5, 5.41) is 3.97. The molecule has 1 aliphatic heterocycles. The van der Waals surface area contributed by atoms with Gasteiger partial charge in [0.2, 0.25) is 21.8 Å². The van der Waals surface area contributed by atoms with Crippen LogP contribution in [-0.2, 0) is 38.0 Å². The molecule has 1 aromatic heterocycles. The van der Waals surface area contributed by atoms with Gasteiger partial charge in [-0.15, -0.1) is 0 Å². The lowest BCUT2D eigenvalue weighted by Crippen LogP contribution is -2.58. The predicted molar refractivity (Wildman–Crippen MR) is 180 cm³/mol. The largest absolute Gasteiger partial charge is 0.361 e. The number of fused-ring (bicyclic) bond motifs is 3. The fraction of sp³-hybridized carbons (Fsp3) is 0.389. The highest BCUT2D eigenvalue weighted by molar-refractivity contribution is 7.88. The maximum Gasteiger partial charge on any atom is 0.245 e. The molecular weight excluding hydrogens is 598 g/mol. The van der Waals surface area contributed by atoms with Crippen molar-refractivity contribution in [3.05, 3.63) is 107 Å². The number of carbonyl (C=O) groups excluding carboxylic acids is 2. The van der Waals surface area contributed by atoms with Gasteiger partial charge in [-0.2, -0.15) is 4.31 Å². The zero-order valence-electron chi connectivity index (χ0n) is 26.7. The summed E-state index contributed by atoms with van der Waals surface area (Å²) in [5.74, 6) is -0.520. The summed E-state index contributed by atoms with van der Waals surface area (Å²) < 4.78 is 28.1. The molecule has 0 saturated carbocycles. The van der Waals surface area contributed by atoms with Crippen LogP contribution in [0.5, 0.6) is 0 Å². The monoisotopic (exact) mass is 641 g/mol. The van der Waals surface area contributed by atoms with Gasteiger partial charge in [0, 0.05) is 48.6 Å². The number of aromatic nitrogens is 1. The molecule has 10 heteroatoms. The van der Waals surface area contributed by atoms with Crippen LogP contribution in [-0.4, -0.2) is 65.3 Å². The van der Waals surface area contributed by atoms with Crippen LogP contribution < -0.4 is 11.1 Å². The molecule has 6 rings (SSSR count). The second kappa shape index (κ2) is 12.3. The lowest BCUT2D eigenvalue weighted by Gasteiger charge is -2.42. The number of sulfonamides is 1. The number of likely N-dealkylation sites (tertiary alicyclic amines) is 1. The number of para-hydroxylation sites is 1. The molecule has 1 spiro atoms. The van der Waals surface area contributed by atoms with Crippen LogP contribution in [0.3, 0.4) is 0 Å². The number of H-pyrrole nitrogens is 1. The second-order valence-electron chi connectivity index (χ2n) is 13.5. The molecule has 2 atom stereocenters. The van der Waals surface area contributed by atoms with Crippen LogP contribution in [0.15, 0.2) is 85.1 Å². The van der Waals surface area contributed by atoms with E-state index >= 15 is 0 Å². The summed E-state index contributed by atoms with van der Waals surface area (Å²) in [6.07, 6.45) is 5.58. The third-order valence-corrected chi connectivity index (χ3v) is 11.0. The fourth-order valence-electron chi connectivity index (χ4n) is 7.25. The van der Waals surface area contributed by atoms with Gasteiger partial charge in [-0.25, -0.2) is 8.42 Å². The zero-order chi connectivity index (χ0) is 32.7. The molecule has 0 bridgehead atoms. The first-order chi connectivity index (χ1) is 21.9. The molecule has 1 fully saturated rings. The molecule has 1 aliphatic carbocycles. The van der Waals surface area contributed by atoms with E-state index in [0.717, 1.165) is 27.6 Å². The van der Waals surface area contributed by atoms with Crippen LogP contribution >= 0.6 is 0 Å². The number of nitrogens with one attached hydrogen (secondary N) is 2. The van der Waals surface area contributed by atoms with Gasteiger partial charge >= 0.3 is 0 Å². The first-order valence-electron chi connectivity index (χ1n) is 15.9. The smallest absolute Gasteiger partial charge is 0.245 e. The molecule has 3 aromatic carbocycles. The molecule has 4 N–H and O–H groups in total. The Morgan fingerprint density at radius 3 is 2.37 bits per heavy atom. The van der Waals surface area contributed by atoms with Crippen LogP contribution in [0.1, 0.15) is 61.4 Å². The first-order valence-corrected chi connectivity index (χ1v) is 17.7. The molecule has 4 aromatic rings. The van der Waals surface area contributed by atoms with Crippen molar-refractivity contribution in [3.8, 4) is 0 Å². The molecule has 9 nitrogen and oxygen atoms in total. The van der Waals surface area contributed by atoms with E-state index in [1.807, 2.05) is 77.8 Å². The third kappa shape index (κ3) is 6.34. The number of hydrogen-bond donors (Lipinski definition) is 3. The van der Waals surface area contributed by atoms with Gasteiger partial charge in [0.1, 0.15) is 6.04 Å². The average Bonchev–Trinajstić information content (AvgIpc) is 3.58. The number of benzene rings is 3. The minimum Gasteiger partial charge on any atom is -0.361 e. The summed E-state index contributed by atoms with van der Waals surface area (Å²) in [4.78, 5) is 32.3. The molecule has 242 valence electrons. The Balaban J connectivity index is 1.24. The number of carbonyl (C=O) groups is 2. The highest BCUT2D eigenvalue weighted by Gasteiger charge is 2.49. The van der Waals surface area contributed by atoms with E-state index in [0.29, 0.717) is 45.3 Å². The molecular formula is C36H43N5O4S. The van der Waals surface area contributed by atoms with Crippen molar-refractivity contribution in [1.29, 1.82) is 0 Å². The average molecular weight is 642 g/mol. The van der Waals surface area contributed by atoms with Crippen molar-refractivity contribution in [2.75, 3.05) is 19.3 Å². The lowest BCUT2D eigenvalue weighted by molar-refractivity contribution is -0.138. The van der Waals surface area contributed by atoms with Crippen molar-refractivity contribution in [2.24, 2.45) is 5.73 Å². The summed E-state index contributed by atoms with van der Waals surface area (Å²) in [7, 11) is -3.53. The Labute approximate surface area is 271 Å². The number of nitrogens with zero attached hydrogens (tertiary/aromatic N) is 2. The van der Waals surface area contributed by atoms with E-state index in [1.165, 1.54) is 11.8 Å². The van der Waals surface area contributed by atoms with Crippen LogP contribution in [0.4, 0.5) is 0 Å². The molecule has 1 unspecified atom stereocenters. The van der Waals surface area contributed by atoms with Crippen molar-refractivity contribution in [1.82, 2.24) is 19.5 Å². The van der Waals surface area contributed by atoms with Gasteiger partial charge in [0.15, 0.2) is 0 Å². The van der Waals surface area contributed by atoms with E-state index in [9.17, 15) is 18.0 Å². The number of hydrogen-bond acceptors (Lipinski definition) is 5. The number of piperidine rings is 1. The molecule has 2 amide bonds. The van der Waals surface area contributed by atoms with E-state index < -0.39 is 21.6 Å². The van der Waals surface area contributed by atoms with Gasteiger partial charge in [0.25, 0.3) is 0 Å². The lowest BCUT2D eigenvalue weighted by atomic mass is 9.73. The minimum absolute atomic E-state index is 0.137. The van der Waals surface area contributed by atoms with E-state index in [4.69, 9.17) is 5.73 Å². The Hall–Kier alpha value is -3.99. The first kappa shape index (κ1) is 32.0. The molecule has 2 aliphatic rings. The standard InChI is InChI=1S/C36H43N5O4S/c1-35(2,37)34(43)39-31(21-26-23-38-30-16-10-8-13-27(26)30)33(42)40-19-17-36(18-20-40)22-32(28-14-7-9-15-29(28)36)41(46(3,44)45)24-25-11-5-4-6-12-25/h4-16,23,31-32,38H,17-22,24,37H2,1-3H3,(H,39,43)/t31?,32-/m1/s1. The van der Waals surface area contributed by atoms with Crippen LogP contribution in [0, 0.1) is 0 Å². The van der Waals surface area contributed by atoms with Crippen molar-refractivity contribution >= 4 is 32.7 Å².